The number of likely N-dealkylation sites (tertiary alicyclic amines) is 1. The van der Waals surface area contributed by atoms with Crippen molar-refractivity contribution >= 4 is 34.4 Å². The van der Waals surface area contributed by atoms with E-state index in [0.717, 1.165) is 55.6 Å². The van der Waals surface area contributed by atoms with Crippen molar-refractivity contribution in [1.82, 2.24) is 14.5 Å². The molecule has 0 bridgehead atoms. The van der Waals surface area contributed by atoms with Crippen molar-refractivity contribution in [1.29, 1.82) is 0 Å². The summed E-state index contributed by atoms with van der Waals surface area (Å²) in [6.07, 6.45) is 11.7. The highest BCUT2D eigenvalue weighted by Crippen LogP contribution is 2.41. The molecule has 1 fully saturated rings. The summed E-state index contributed by atoms with van der Waals surface area (Å²) in [7, 11) is 3.86. The van der Waals surface area contributed by atoms with E-state index in [-0.39, 0.29) is 11.5 Å². The molecular formula is C36H40FN5O2S. The summed E-state index contributed by atoms with van der Waals surface area (Å²) in [6, 6.07) is 8.81. The van der Waals surface area contributed by atoms with Crippen molar-refractivity contribution in [2.75, 3.05) is 36.9 Å². The summed E-state index contributed by atoms with van der Waals surface area (Å²) in [5.41, 5.74) is 6.88. The molecule has 234 valence electrons. The van der Waals surface area contributed by atoms with Crippen LogP contribution < -0.4 is 15.8 Å². The molecule has 9 heteroatoms. The molecule has 5 heterocycles. The maximum absolute atomic E-state index is 15.4. The first kappa shape index (κ1) is 29.9. The number of amides is 1. The zero-order valence-corrected chi connectivity index (χ0v) is 27.1. The third kappa shape index (κ3) is 5.61. The van der Waals surface area contributed by atoms with Crippen molar-refractivity contribution in [3.63, 3.8) is 0 Å². The van der Waals surface area contributed by atoms with Gasteiger partial charge in [0.15, 0.2) is 0 Å². The Hall–Kier alpha value is -3.82. The van der Waals surface area contributed by atoms with Gasteiger partial charge in [-0.3, -0.25) is 9.59 Å². The number of nitrogens with zero attached hydrogens (tertiary/aromatic N) is 4. The molecule has 0 atom stereocenters. The number of halogens is 1. The summed E-state index contributed by atoms with van der Waals surface area (Å²) in [5, 5.41) is 3.22. The summed E-state index contributed by atoms with van der Waals surface area (Å²) in [6.45, 7) is 4.72. The van der Waals surface area contributed by atoms with Gasteiger partial charge in [-0.05, 0) is 130 Å². The fourth-order valence-electron chi connectivity index (χ4n) is 7.39. The zero-order valence-electron chi connectivity index (χ0n) is 26.3. The van der Waals surface area contributed by atoms with Crippen LogP contribution in [0.2, 0.25) is 0 Å². The molecule has 1 N–H and O–H groups in total. The molecule has 7 rings (SSSR count). The van der Waals surface area contributed by atoms with E-state index in [1.165, 1.54) is 51.1 Å². The predicted molar refractivity (Wildman–Crippen MR) is 180 cm³/mol. The number of rotatable bonds is 6. The number of fused-ring (bicyclic) bond motifs is 3. The van der Waals surface area contributed by atoms with Gasteiger partial charge in [-0.15, -0.1) is 11.3 Å². The molecular weight excluding hydrogens is 585 g/mol. The lowest BCUT2D eigenvalue weighted by molar-refractivity contribution is 0.0984. The monoisotopic (exact) mass is 625 g/mol. The van der Waals surface area contributed by atoms with Gasteiger partial charge in [0, 0.05) is 36.4 Å². The van der Waals surface area contributed by atoms with Crippen LogP contribution in [0.1, 0.15) is 75.3 Å². The lowest BCUT2D eigenvalue weighted by Gasteiger charge is -2.30. The van der Waals surface area contributed by atoms with Crippen LogP contribution in [0.4, 0.5) is 21.6 Å². The van der Waals surface area contributed by atoms with Gasteiger partial charge < -0.3 is 19.7 Å². The van der Waals surface area contributed by atoms with Crippen LogP contribution in [0.15, 0.2) is 47.5 Å². The van der Waals surface area contributed by atoms with Crippen molar-refractivity contribution in [3.8, 4) is 11.1 Å². The summed E-state index contributed by atoms with van der Waals surface area (Å²) < 4.78 is 16.9. The van der Waals surface area contributed by atoms with Gasteiger partial charge in [-0.25, -0.2) is 9.37 Å². The van der Waals surface area contributed by atoms with Crippen LogP contribution in [-0.2, 0) is 32.7 Å². The molecule has 1 amide bonds. The fraction of sp³-hybridized carbons (Fsp3) is 0.417. The minimum Gasteiger partial charge on any atom is -0.336 e. The number of thiophene rings is 1. The Bertz CT molecular complexity index is 1820. The summed E-state index contributed by atoms with van der Waals surface area (Å²) in [4.78, 5) is 38.1. The lowest BCUT2D eigenvalue weighted by Crippen LogP contribution is -2.37. The van der Waals surface area contributed by atoms with Crippen LogP contribution in [0.25, 0.3) is 11.1 Å². The molecule has 1 saturated heterocycles. The molecule has 0 saturated carbocycles. The average Bonchev–Trinajstić information content (AvgIpc) is 3.43. The minimum atomic E-state index is -0.407. The van der Waals surface area contributed by atoms with Gasteiger partial charge in [0.05, 0.1) is 10.6 Å². The molecule has 1 aliphatic carbocycles. The number of anilines is 3. The summed E-state index contributed by atoms with van der Waals surface area (Å²) >= 11 is 1.64. The van der Waals surface area contributed by atoms with Gasteiger partial charge >= 0.3 is 0 Å². The number of hydrogen-bond acceptors (Lipinski definition) is 6. The second-order valence-electron chi connectivity index (χ2n) is 12.8. The van der Waals surface area contributed by atoms with E-state index in [9.17, 15) is 9.59 Å². The normalized spacial score (nSPS) is 17.3. The van der Waals surface area contributed by atoms with E-state index in [2.05, 4.69) is 28.3 Å². The van der Waals surface area contributed by atoms with Gasteiger partial charge in [0.2, 0.25) is 0 Å². The van der Waals surface area contributed by atoms with Gasteiger partial charge in [-0.1, -0.05) is 13.0 Å². The van der Waals surface area contributed by atoms with Gasteiger partial charge in [0.25, 0.3) is 11.5 Å². The largest absolute Gasteiger partial charge is 0.336 e. The molecule has 2 aliphatic heterocycles. The topological polar surface area (TPSA) is 70.5 Å². The van der Waals surface area contributed by atoms with E-state index >= 15 is 4.39 Å². The molecule has 7 nitrogen and oxygen atoms in total. The Morgan fingerprint density at radius 3 is 2.56 bits per heavy atom. The van der Waals surface area contributed by atoms with E-state index in [4.69, 9.17) is 0 Å². The molecule has 0 spiro atoms. The lowest BCUT2D eigenvalue weighted by atomic mass is 9.91. The van der Waals surface area contributed by atoms with Crippen LogP contribution in [0.3, 0.4) is 0 Å². The van der Waals surface area contributed by atoms with Crippen molar-refractivity contribution < 1.29 is 9.18 Å². The molecule has 0 radical (unpaired) electrons. The van der Waals surface area contributed by atoms with Crippen LogP contribution >= 0.6 is 11.3 Å². The van der Waals surface area contributed by atoms with Crippen molar-refractivity contribution in [2.24, 2.45) is 7.05 Å². The molecule has 4 aromatic rings. The van der Waals surface area contributed by atoms with Crippen LogP contribution in [0.5, 0.6) is 0 Å². The molecule has 0 unspecified atom stereocenters. The Labute approximate surface area is 267 Å². The number of carbonyl (C=O) groups excluding carboxylic acids is 1. The number of pyridine rings is 2. The predicted octanol–water partition coefficient (Wildman–Crippen LogP) is 6.84. The first-order valence-electron chi connectivity index (χ1n) is 16.2. The van der Waals surface area contributed by atoms with Crippen molar-refractivity contribution in [2.45, 2.75) is 64.2 Å². The highest BCUT2D eigenvalue weighted by Gasteiger charge is 2.33. The first-order chi connectivity index (χ1) is 21.8. The molecule has 3 aromatic heterocycles. The number of aromatic nitrogens is 2. The zero-order chi connectivity index (χ0) is 31.2. The Kier molecular flexibility index (Phi) is 8.08. The third-order valence-corrected chi connectivity index (χ3v) is 11.2. The SMILES string of the molecule is CCc1c(-c2cc(Nc3ccc(C4CCN(C)CC4)cn3)c(=O)n(C)c2)cc(F)cc1N1CCc2c(sc3c2CCCC3)C1=O. The average molecular weight is 626 g/mol. The molecule has 45 heavy (non-hydrogen) atoms. The number of benzene rings is 1. The number of aryl methyl sites for hydroxylation is 2. The fourth-order valence-corrected chi connectivity index (χ4v) is 8.77. The number of nitrogens with one attached hydrogen (secondary N) is 1. The Morgan fingerprint density at radius 2 is 1.80 bits per heavy atom. The second kappa shape index (κ2) is 12.2. The second-order valence-corrected chi connectivity index (χ2v) is 13.9. The van der Waals surface area contributed by atoms with E-state index in [0.29, 0.717) is 47.2 Å². The first-order valence-corrected chi connectivity index (χ1v) is 17.0. The third-order valence-electron chi connectivity index (χ3n) is 9.87. The van der Waals surface area contributed by atoms with E-state index in [1.54, 1.807) is 35.5 Å². The Balaban J connectivity index is 1.20. The Morgan fingerprint density at radius 1 is 1.00 bits per heavy atom. The van der Waals surface area contributed by atoms with Gasteiger partial charge in [0.1, 0.15) is 17.3 Å². The van der Waals surface area contributed by atoms with Gasteiger partial charge in [-0.2, -0.15) is 0 Å². The molecule has 3 aliphatic rings. The molecule has 1 aromatic carbocycles. The smallest absolute Gasteiger partial charge is 0.274 e. The van der Waals surface area contributed by atoms with E-state index in [1.807, 2.05) is 19.2 Å². The highest BCUT2D eigenvalue weighted by atomic mass is 32.1. The number of piperidine rings is 1. The van der Waals surface area contributed by atoms with Crippen LogP contribution in [-0.4, -0.2) is 47.0 Å². The maximum Gasteiger partial charge on any atom is 0.274 e. The standard InChI is InChI=1S/C36H40FN5O2S/c1-4-26-29(18-25(37)19-31(26)42-16-13-28-27-7-5-6-8-32(27)45-34(28)36(42)44)24-17-30(35(43)41(3)21-24)39-33-10-9-23(20-38-33)22-11-14-40(2)15-12-22/h9-10,17-22H,4-8,11-16H2,1-3H3,(H,38,39). The number of hydrogen-bond donors (Lipinski definition) is 1. The maximum atomic E-state index is 15.4. The highest BCUT2D eigenvalue weighted by molar-refractivity contribution is 7.14. The minimum absolute atomic E-state index is 0.0283. The van der Waals surface area contributed by atoms with E-state index < -0.39 is 5.82 Å². The number of carbonyl (C=O) groups is 1. The van der Waals surface area contributed by atoms with Crippen molar-refractivity contribution in [3.05, 3.63) is 90.9 Å². The van der Waals surface area contributed by atoms with Crippen LogP contribution in [0, 0.1) is 5.82 Å². The quantitative estimate of drug-likeness (QED) is 0.254. The summed E-state index contributed by atoms with van der Waals surface area (Å²) in [5.74, 6) is 0.650.